The number of hydrogen-bond acceptors (Lipinski definition) is 4. The Morgan fingerprint density at radius 3 is 2.90 bits per heavy atom. The number of H-pyrrole nitrogens is 1. The Kier molecular flexibility index (Phi) is 3.39. The lowest BCUT2D eigenvalue weighted by molar-refractivity contribution is 0.0696. The van der Waals surface area contributed by atoms with Gasteiger partial charge < -0.3 is 10.4 Å². The highest BCUT2D eigenvalue weighted by Gasteiger charge is 2.22. The van der Waals surface area contributed by atoms with Crippen LogP contribution in [0.15, 0.2) is 18.3 Å². The number of carbonyl (C=O) groups is 2. The first kappa shape index (κ1) is 13.3. The number of aromatic nitrogens is 3. The van der Waals surface area contributed by atoms with Crippen LogP contribution in [0.3, 0.4) is 0 Å². The molecule has 1 aliphatic rings. The van der Waals surface area contributed by atoms with E-state index in [4.69, 9.17) is 5.11 Å². The van der Waals surface area contributed by atoms with E-state index in [0.29, 0.717) is 5.69 Å². The van der Waals surface area contributed by atoms with Crippen LogP contribution in [0.2, 0.25) is 0 Å². The predicted octanol–water partition coefficient (Wildman–Crippen LogP) is 1.63. The monoisotopic (exact) mass is 286 g/mol. The highest BCUT2D eigenvalue weighted by Crippen LogP contribution is 2.22. The summed E-state index contributed by atoms with van der Waals surface area (Å²) < 4.78 is 0. The van der Waals surface area contributed by atoms with Gasteiger partial charge in [-0.3, -0.25) is 9.89 Å². The summed E-state index contributed by atoms with van der Waals surface area (Å²) in [6.45, 7) is 0. The van der Waals surface area contributed by atoms with E-state index < -0.39 is 5.97 Å². The van der Waals surface area contributed by atoms with Crippen molar-refractivity contribution in [2.24, 2.45) is 0 Å². The number of carboxylic acid groups (broad SMARTS) is 1. The zero-order valence-electron chi connectivity index (χ0n) is 11.2. The average Bonchev–Trinajstić information content (AvgIpc) is 2.91. The number of anilines is 1. The summed E-state index contributed by atoms with van der Waals surface area (Å²) in [6.07, 6.45) is 5.22. The third kappa shape index (κ3) is 2.62. The summed E-state index contributed by atoms with van der Waals surface area (Å²) in [5, 5.41) is 18.5. The van der Waals surface area contributed by atoms with Crippen molar-refractivity contribution in [3.8, 4) is 0 Å². The standard InChI is InChI=1S/C14H14N4O3/c19-13(12-9-3-1-2-4-10(9)17-18-12)16-11-7-8(14(20)21)5-6-15-11/h5-7H,1-4H2,(H,17,18)(H,20,21)(H,15,16,19). The molecule has 21 heavy (non-hydrogen) atoms. The number of carboxylic acids is 1. The lowest BCUT2D eigenvalue weighted by Crippen LogP contribution is -2.16. The van der Waals surface area contributed by atoms with Crippen molar-refractivity contribution in [2.45, 2.75) is 25.7 Å². The fourth-order valence-electron chi connectivity index (χ4n) is 2.48. The summed E-state index contributed by atoms with van der Waals surface area (Å²) in [5.74, 6) is -1.23. The van der Waals surface area contributed by atoms with Crippen molar-refractivity contribution in [1.82, 2.24) is 15.2 Å². The lowest BCUT2D eigenvalue weighted by Gasteiger charge is -2.11. The molecule has 7 heteroatoms. The molecule has 0 unspecified atom stereocenters. The number of nitrogens with one attached hydrogen (secondary N) is 2. The second-order valence-corrected chi connectivity index (χ2v) is 4.93. The number of hydrogen-bond donors (Lipinski definition) is 3. The summed E-state index contributed by atoms with van der Waals surface area (Å²) >= 11 is 0. The maximum absolute atomic E-state index is 12.2. The van der Waals surface area contributed by atoms with E-state index in [2.05, 4.69) is 20.5 Å². The molecule has 3 rings (SSSR count). The van der Waals surface area contributed by atoms with Crippen molar-refractivity contribution in [1.29, 1.82) is 0 Å². The van der Waals surface area contributed by atoms with Crippen LogP contribution in [-0.4, -0.2) is 32.2 Å². The van der Waals surface area contributed by atoms with E-state index in [1.807, 2.05) is 0 Å². The lowest BCUT2D eigenvalue weighted by atomic mass is 9.96. The second-order valence-electron chi connectivity index (χ2n) is 4.93. The normalized spacial score (nSPS) is 13.5. The zero-order valence-corrected chi connectivity index (χ0v) is 11.2. The quantitative estimate of drug-likeness (QED) is 0.794. The van der Waals surface area contributed by atoms with Gasteiger partial charge in [-0.15, -0.1) is 0 Å². The number of aryl methyl sites for hydroxylation is 1. The number of amides is 1. The van der Waals surface area contributed by atoms with Gasteiger partial charge in [-0.1, -0.05) is 0 Å². The van der Waals surface area contributed by atoms with E-state index in [-0.39, 0.29) is 17.3 Å². The minimum absolute atomic E-state index is 0.0735. The van der Waals surface area contributed by atoms with E-state index >= 15 is 0 Å². The Balaban J connectivity index is 1.82. The van der Waals surface area contributed by atoms with E-state index in [9.17, 15) is 9.59 Å². The summed E-state index contributed by atoms with van der Waals surface area (Å²) in [5.41, 5.74) is 2.41. The highest BCUT2D eigenvalue weighted by molar-refractivity contribution is 6.04. The Bertz CT molecular complexity index is 708. The molecular formula is C14H14N4O3. The number of pyridine rings is 1. The van der Waals surface area contributed by atoms with E-state index in [1.54, 1.807) is 0 Å². The molecule has 1 aliphatic carbocycles. The number of aromatic amines is 1. The summed E-state index contributed by atoms with van der Waals surface area (Å²) in [7, 11) is 0. The van der Waals surface area contributed by atoms with E-state index in [1.165, 1.54) is 18.3 Å². The third-order valence-electron chi connectivity index (χ3n) is 3.52. The van der Waals surface area contributed by atoms with Crippen LogP contribution in [0.25, 0.3) is 0 Å². The molecule has 0 fully saturated rings. The number of aromatic carboxylic acids is 1. The van der Waals surface area contributed by atoms with Gasteiger partial charge in [-0.05, 0) is 37.8 Å². The SMILES string of the molecule is O=C(O)c1ccnc(NC(=O)c2n[nH]c3c2CCCC3)c1. The summed E-state index contributed by atoms with van der Waals surface area (Å²) in [6, 6.07) is 2.69. The van der Waals surface area contributed by atoms with Gasteiger partial charge >= 0.3 is 5.97 Å². The van der Waals surface area contributed by atoms with Crippen LogP contribution >= 0.6 is 0 Å². The molecule has 0 aromatic carbocycles. The number of fused-ring (bicyclic) bond motifs is 1. The predicted molar refractivity (Wildman–Crippen MR) is 74.4 cm³/mol. The molecule has 108 valence electrons. The molecule has 0 saturated carbocycles. The number of rotatable bonds is 3. The molecule has 0 radical (unpaired) electrons. The van der Waals surface area contributed by atoms with Crippen LogP contribution in [0, 0.1) is 0 Å². The molecule has 0 atom stereocenters. The van der Waals surface area contributed by atoms with Crippen molar-refractivity contribution in [3.63, 3.8) is 0 Å². The molecule has 2 aromatic heterocycles. The van der Waals surface area contributed by atoms with Crippen LogP contribution in [-0.2, 0) is 12.8 Å². The van der Waals surface area contributed by atoms with Gasteiger partial charge in [0.1, 0.15) is 5.82 Å². The van der Waals surface area contributed by atoms with Gasteiger partial charge in [0.2, 0.25) is 0 Å². The van der Waals surface area contributed by atoms with Crippen molar-refractivity contribution in [2.75, 3.05) is 5.32 Å². The number of carbonyl (C=O) groups excluding carboxylic acids is 1. The van der Waals surface area contributed by atoms with Crippen molar-refractivity contribution in [3.05, 3.63) is 40.8 Å². The zero-order chi connectivity index (χ0) is 14.8. The second kappa shape index (κ2) is 5.35. The molecule has 2 aromatic rings. The molecule has 3 N–H and O–H groups in total. The first-order valence-corrected chi connectivity index (χ1v) is 6.72. The first-order valence-electron chi connectivity index (χ1n) is 6.72. The maximum atomic E-state index is 12.2. The van der Waals surface area contributed by atoms with Gasteiger partial charge in [0, 0.05) is 17.5 Å². The molecule has 0 saturated heterocycles. The molecular weight excluding hydrogens is 272 g/mol. The van der Waals surface area contributed by atoms with Crippen LogP contribution in [0.5, 0.6) is 0 Å². The average molecular weight is 286 g/mol. The Morgan fingerprint density at radius 2 is 2.10 bits per heavy atom. The van der Waals surface area contributed by atoms with Crippen LogP contribution in [0.4, 0.5) is 5.82 Å². The topological polar surface area (TPSA) is 108 Å². The van der Waals surface area contributed by atoms with Crippen LogP contribution in [0.1, 0.15) is 44.9 Å². The Hall–Kier alpha value is -2.70. The Morgan fingerprint density at radius 1 is 1.29 bits per heavy atom. The smallest absolute Gasteiger partial charge is 0.335 e. The summed E-state index contributed by atoms with van der Waals surface area (Å²) in [4.78, 5) is 27.1. The molecule has 7 nitrogen and oxygen atoms in total. The first-order chi connectivity index (χ1) is 10.1. The Labute approximate surface area is 120 Å². The van der Waals surface area contributed by atoms with Crippen LogP contribution < -0.4 is 5.32 Å². The van der Waals surface area contributed by atoms with Gasteiger partial charge in [-0.25, -0.2) is 9.78 Å². The minimum Gasteiger partial charge on any atom is -0.478 e. The van der Waals surface area contributed by atoms with Gasteiger partial charge in [0.05, 0.1) is 5.56 Å². The fourth-order valence-corrected chi connectivity index (χ4v) is 2.48. The fraction of sp³-hybridized carbons (Fsp3) is 0.286. The van der Waals surface area contributed by atoms with Gasteiger partial charge in [0.25, 0.3) is 5.91 Å². The number of nitrogens with zero attached hydrogens (tertiary/aromatic N) is 2. The largest absolute Gasteiger partial charge is 0.478 e. The van der Waals surface area contributed by atoms with E-state index in [0.717, 1.165) is 36.9 Å². The third-order valence-corrected chi connectivity index (χ3v) is 3.52. The molecule has 0 bridgehead atoms. The van der Waals surface area contributed by atoms with Gasteiger partial charge in [0.15, 0.2) is 5.69 Å². The highest BCUT2D eigenvalue weighted by atomic mass is 16.4. The minimum atomic E-state index is -1.06. The maximum Gasteiger partial charge on any atom is 0.335 e. The van der Waals surface area contributed by atoms with Crippen molar-refractivity contribution >= 4 is 17.7 Å². The van der Waals surface area contributed by atoms with Crippen molar-refractivity contribution < 1.29 is 14.7 Å². The van der Waals surface area contributed by atoms with Gasteiger partial charge in [-0.2, -0.15) is 5.10 Å². The molecule has 2 heterocycles. The molecule has 0 aliphatic heterocycles. The molecule has 1 amide bonds. The molecule has 0 spiro atoms.